The van der Waals surface area contributed by atoms with E-state index in [0.717, 1.165) is 12.8 Å². The molecule has 0 amide bonds. The summed E-state index contributed by atoms with van der Waals surface area (Å²) in [6.45, 7) is 8.15. The van der Waals surface area contributed by atoms with Crippen molar-refractivity contribution in [3.63, 3.8) is 0 Å². The van der Waals surface area contributed by atoms with Gasteiger partial charge in [-0.25, -0.2) is 4.79 Å². The molecular weight excluding hydrogens is 368 g/mol. The molecule has 0 spiro atoms. The van der Waals surface area contributed by atoms with Gasteiger partial charge in [0.25, 0.3) is 0 Å². The van der Waals surface area contributed by atoms with Crippen LogP contribution in [-0.4, -0.2) is 43.2 Å². The Labute approximate surface area is 168 Å². The maximum Gasteiger partial charge on any atom is 0.330 e. The molecule has 6 heteroatoms. The number of carbonyl (C=O) groups excluding carboxylic acids is 2. The highest BCUT2D eigenvalue weighted by Crippen LogP contribution is 2.31. The Hall–Kier alpha value is -1.33. The number of esters is 2. The molecule has 1 aliphatic rings. The molecule has 27 heavy (non-hydrogen) atoms. The number of halogens is 1. The van der Waals surface area contributed by atoms with Gasteiger partial charge in [0.15, 0.2) is 0 Å². The van der Waals surface area contributed by atoms with Gasteiger partial charge in [-0.2, -0.15) is 0 Å². The van der Waals surface area contributed by atoms with Crippen LogP contribution in [0.4, 0.5) is 0 Å². The number of hydrogen-bond acceptors (Lipinski definition) is 5. The van der Waals surface area contributed by atoms with E-state index in [-0.39, 0.29) is 41.8 Å². The first-order chi connectivity index (χ1) is 12.9. The fourth-order valence-corrected chi connectivity index (χ4v) is 3.75. The van der Waals surface area contributed by atoms with Crippen molar-refractivity contribution in [1.29, 1.82) is 0 Å². The van der Waals surface area contributed by atoms with E-state index in [1.165, 1.54) is 6.08 Å². The standard InChI is InChI=1S/C21H33ClO5/c1-6-8-9-14(3)21(25-5)15(4)17(26-20(24)13-22)12-18-16(7-2)10-11-19(23)27-18/h6,8,10-11,14-18,21H,7,9,12-13H2,1-5H3/b8-6+/t14-,15-,16+,17+,18+,21+/m0/s1. The van der Waals surface area contributed by atoms with Crippen molar-refractivity contribution >= 4 is 23.5 Å². The Kier molecular flexibility index (Phi) is 10.7. The van der Waals surface area contributed by atoms with Crippen LogP contribution in [0.15, 0.2) is 24.3 Å². The fourth-order valence-electron chi connectivity index (χ4n) is 3.68. The van der Waals surface area contributed by atoms with Gasteiger partial charge < -0.3 is 14.2 Å². The Morgan fingerprint density at radius 3 is 2.67 bits per heavy atom. The monoisotopic (exact) mass is 400 g/mol. The van der Waals surface area contributed by atoms with E-state index in [0.29, 0.717) is 6.42 Å². The molecule has 0 aromatic rings. The maximum absolute atomic E-state index is 11.9. The SMILES string of the molecule is C/C=C/C[C@H](C)[C@@H](OC)[C@@H](C)[C@@H](C[C@H]1OC(=O)C=C[C@H]1CC)OC(=O)CCl. The number of rotatable bonds is 11. The van der Waals surface area contributed by atoms with E-state index in [9.17, 15) is 9.59 Å². The molecule has 154 valence electrons. The lowest BCUT2D eigenvalue weighted by molar-refractivity contribution is -0.160. The van der Waals surface area contributed by atoms with Crippen LogP contribution >= 0.6 is 11.6 Å². The van der Waals surface area contributed by atoms with Crippen molar-refractivity contribution in [2.75, 3.05) is 13.0 Å². The number of ether oxygens (including phenoxy) is 3. The lowest BCUT2D eigenvalue weighted by Crippen LogP contribution is -2.42. The molecule has 0 fully saturated rings. The van der Waals surface area contributed by atoms with Gasteiger partial charge in [-0.1, -0.05) is 39.0 Å². The first-order valence-corrected chi connectivity index (χ1v) is 10.2. The van der Waals surface area contributed by atoms with Crippen LogP contribution in [0.3, 0.4) is 0 Å². The van der Waals surface area contributed by atoms with E-state index in [1.54, 1.807) is 7.11 Å². The minimum absolute atomic E-state index is 0.0791. The Morgan fingerprint density at radius 1 is 1.41 bits per heavy atom. The van der Waals surface area contributed by atoms with Crippen molar-refractivity contribution in [1.82, 2.24) is 0 Å². The van der Waals surface area contributed by atoms with Crippen LogP contribution < -0.4 is 0 Å². The normalized spacial score (nSPS) is 24.3. The van der Waals surface area contributed by atoms with Gasteiger partial charge >= 0.3 is 11.9 Å². The predicted octanol–water partition coefficient (Wildman–Crippen LogP) is 4.29. The predicted molar refractivity (Wildman–Crippen MR) is 107 cm³/mol. The van der Waals surface area contributed by atoms with Gasteiger partial charge in [-0.15, -0.1) is 11.6 Å². The average Bonchev–Trinajstić information content (AvgIpc) is 2.66. The second-order valence-corrected chi connectivity index (χ2v) is 7.41. The quantitative estimate of drug-likeness (QED) is 0.294. The summed E-state index contributed by atoms with van der Waals surface area (Å²) in [5, 5.41) is 0. The first kappa shape index (κ1) is 23.7. The largest absolute Gasteiger partial charge is 0.461 e. The lowest BCUT2D eigenvalue weighted by atomic mass is 9.83. The molecule has 0 radical (unpaired) electrons. The zero-order valence-corrected chi connectivity index (χ0v) is 17.8. The summed E-state index contributed by atoms with van der Waals surface area (Å²) in [6.07, 6.45) is 8.70. The van der Waals surface area contributed by atoms with Gasteiger partial charge in [0.1, 0.15) is 18.1 Å². The average molecular weight is 401 g/mol. The lowest BCUT2D eigenvalue weighted by Gasteiger charge is -2.36. The molecule has 0 saturated carbocycles. The minimum atomic E-state index is -0.477. The summed E-state index contributed by atoms with van der Waals surface area (Å²) in [7, 11) is 1.67. The molecule has 0 saturated heterocycles. The van der Waals surface area contributed by atoms with E-state index < -0.39 is 12.1 Å². The summed E-state index contributed by atoms with van der Waals surface area (Å²) in [6, 6.07) is 0. The van der Waals surface area contributed by atoms with Crippen molar-refractivity contribution in [2.45, 2.75) is 65.3 Å². The van der Waals surface area contributed by atoms with Gasteiger partial charge in [0, 0.05) is 31.4 Å². The number of hydrogen-bond donors (Lipinski definition) is 0. The van der Waals surface area contributed by atoms with Crippen LogP contribution in [0.5, 0.6) is 0 Å². The highest BCUT2D eigenvalue weighted by Gasteiger charge is 2.36. The van der Waals surface area contributed by atoms with E-state index in [1.807, 2.05) is 32.9 Å². The Bertz CT molecular complexity index is 531. The molecule has 0 aliphatic carbocycles. The molecule has 0 aromatic heterocycles. The van der Waals surface area contributed by atoms with Crippen molar-refractivity contribution in [3.05, 3.63) is 24.3 Å². The number of cyclic esters (lactones) is 1. The molecule has 0 bridgehead atoms. The summed E-state index contributed by atoms with van der Waals surface area (Å²) in [5.74, 6) is -0.775. The number of allylic oxidation sites excluding steroid dienone is 2. The van der Waals surface area contributed by atoms with Crippen molar-refractivity contribution in [3.8, 4) is 0 Å². The fraction of sp³-hybridized carbons (Fsp3) is 0.714. The number of carbonyl (C=O) groups is 2. The summed E-state index contributed by atoms with van der Waals surface area (Å²) in [5.41, 5.74) is 0. The second-order valence-electron chi connectivity index (χ2n) is 7.15. The summed E-state index contributed by atoms with van der Waals surface area (Å²) in [4.78, 5) is 23.6. The molecule has 1 rings (SSSR count). The Balaban J connectivity index is 2.98. The van der Waals surface area contributed by atoms with E-state index in [4.69, 9.17) is 25.8 Å². The van der Waals surface area contributed by atoms with Gasteiger partial charge in [-0.3, -0.25) is 4.79 Å². The van der Waals surface area contributed by atoms with E-state index in [2.05, 4.69) is 13.0 Å². The maximum atomic E-state index is 11.9. The van der Waals surface area contributed by atoms with Crippen LogP contribution in [0.2, 0.25) is 0 Å². The van der Waals surface area contributed by atoms with Gasteiger partial charge in [0.05, 0.1) is 6.10 Å². The third-order valence-corrected chi connectivity index (χ3v) is 5.45. The minimum Gasteiger partial charge on any atom is -0.461 e. The summed E-state index contributed by atoms with van der Waals surface area (Å²) >= 11 is 5.66. The third kappa shape index (κ3) is 7.30. The zero-order valence-electron chi connectivity index (χ0n) is 17.0. The van der Waals surface area contributed by atoms with Crippen LogP contribution in [0, 0.1) is 17.8 Å². The van der Waals surface area contributed by atoms with E-state index >= 15 is 0 Å². The van der Waals surface area contributed by atoms with Crippen LogP contribution in [-0.2, 0) is 23.8 Å². The molecule has 0 aromatic carbocycles. The number of alkyl halides is 1. The smallest absolute Gasteiger partial charge is 0.330 e. The Morgan fingerprint density at radius 2 is 2.11 bits per heavy atom. The third-order valence-electron chi connectivity index (χ3n) is 5.23. The second kappa shape index (κ2) is 12.2. The van der Waals surface area contributed by atoms with Gasteiger partial charge in [-0.05, 0) is 25.7 Å². The summed E-state index contributed by atoms with van der Waals surface area (Å²) < 4.78 is 16.9. The molecule has 0 N–H and O–H groups in total. The highest BCUT2D eigenvalue weighted by atomic mass is 35.5. The topological polar surface area (TPSA) is 61.8 Å². The number of methoxy groups -OCH3 is 1. The molecule has 5 nitrogen and oxygen atoms in total. The molecular formula is C21H33ClO5. The van der Waals surface area contributed by atoms with Crippen LogP contribution in [0.25, 0.3) is 0 Å². The first-order valence-electron chi connectivity index (χ1n) is 9.66. The van der Waals surface area contributed by atoms with Crippen LogP contribution in [0.1, 0.15) is 47.0 Å². The van der Waals surface area contributed by atoms with Crippen molar-refractivity contribution in [2.24, 2.45) is 17.8 Å². The molecule has 1 aliphatic heterocycles. The molecule has 0 unspecified atom stereocenters. The van der Waals surface area contributed by atoms with Gasteiger partial charge in [0.2, 0.25) is 0 Å². The molecule has 6 atom stereocenters. The molecule has 1 heterocycles. The van der Waals surface area contributed by atoms with Crippen molar-refractivity contribution < 1.29 is 23.8 Å². The highest BCUT2D eigenvalue weighted by molar-refractivity contribution is 6.26. The zero-order chi connectivity index (χ0) is 20.4.